The summed E-state index contributed by atoms with van der Waals surface area (Å²) in [7, 11) is 0. The third-order valence-electron chi connectivity index (χ3n) is 4.57. The number of nitrogens with zero attached hydrogens (tertiary/aromatic N) is 2. The van der Waals surface area contributed by atoms with E-state index in [0.717, 1.165) is 25.2 Å². The van der Waals surface area contributed by atoms with Crippen molar-refractivity contribution in [3.63, 3.8) is 0 Å². The molecule has 0 amide bonds. The number of imidazole rings is 1. The minimum atomic E-state index is -0.0396. The van der Waals surface area contributed by atoms with Crippen molar-refractivity contribution < 1.29 is 14.2 Å². The highest BCUT2D eigenvalue weighted by molar-refractivity contribution is 6.26. The molecule has 0 fully saturated rings. The molecular formula is C19H23N2O2+. The van der Waals surface area contributed by atoms with E-state index in [1.807, 2.05) is 28.2 Å². The smallest absolute Gasteiger partial charge is 0.254 e. The van der Waals surface area contributed by atoms with Crippen LogP contribution in [0.5, 0.6) is 0 Å². The molecule has 120 valence electrons. The Balaban J connectivity index is 2.30. The molecule has 0 saturated carbocycles. The summed E-state index contributed by atoms with van der Waals surface area (Å²) < 4.78 is 4.05. The normalized spacial score (nSPS) is 13.4. The van der Waals surface area contributed by atoms with Gasteiger partial charge in [-0.2, -0.15) is 0 Å². The van der Waals surface area contributed by atoms with Gasteiger partial charge in [0.25, 0.3) is 5.82 Å². The summed E-state index contributed by atoms with van der Waals surface area (Å²) in [6, 6.07) is 7.27. The maximum Gasteiger partial charge on any atom is 0.254 e. The summed E-state index contributed by atoms with van der Waals surface area (Å²) in [5.74, 6) is 0.906. The Bertz CT molecular complexity index is 800. The molecule has 23 heavy (non-hydrogen) atoms. The van der Waals surface area contributed by atoms with E-state index in [1.54, 1.807) is 12.1 Å². The van der Waals surface area contributed by atoms with E-state index in [0.29, 0.717) is 22.5 Å². The summed E-state index contributed by atoms with van der Waals surface area (Å²) >= 11 is 0. The molecule has 4 heteroatoms. The monoisotopic (exact) mass is 311 g/mol. The Morgan fingerprint density at radius 2 is 1.70 bits per heavy atom. The van der Waals surface area contributed by atoms with Crippen LogP contribution in [0.4, 0.5) is 0 Å². The highest BCUT2D eigenvalue weighted by Crippen LogP contribution is 2.28. The molecule has 3 rings (SSSR count). The zero-order valence-electron chi connectivity index (χ0n) is 14.2. The number of hydrogen-bond donors (Lipinski definition) is 0. The quantitative estimate of drug-likeness (QED) is 0.694. The molecule has 1 aromatic heterocycles. The summed E-state index contributed by atoms with van der Waals surface area (Å²) in [5, 5.41) is 0. The lowest BCUT2D eigenvalue weighted by molar-refractivity contribution is -0.704. The Hall–Kier alpha value is -2.23. The highest BCUT2D eigenvalue weighted by Gasteiger charge is 2.43. The maximum atomic E-state index is 13.0. The second-order valence-electron chi connectivity index (χ2n) is 6.42. The standard InChI is InChI=1S/C19H23N2O2/c1-5-6-11-20-13(4)21(12(2)3)17-16(20)18(22)14-9-7-8-10-15(14)19(17)23/h7-10,12H,5-6,11H2,1-4H3/q+1. The van der Waals surface area contributed by atoms with Crippen molar-refractivity contribution in [2.75, 3.05) is 0 Å². The molecule has 0 spiro atoms. The average Bonchev–Trinajstić information content (AvgIpc) is 2.83. The summed E-state index contributed by atoms with van der Waals surface area (Å²) in [4.78, 5) is 26.1. The van der Waals surface area contributed by atoms with Gasteiger partial charge in [-0.3, -0.25) is 9.59 Å². The van der Waals surface area contributed by atoms with Gasteiger partial charge < -0.3 is 0 Å². The average molecular weight is 311 g/mol. The van der Waals surface area contributed by atoms with E-state index < -0.39 is 0 Å². The first-order chi connectivity index (χ1) is 11.0. The first-order valence-corrected chi connectivity index (χ1v) is 8.32. The molecule has 0 unspecified atom stereocenters. The van der Waals surface area contributed by atoms with Gasteiger partial charge in [-0.15, -0.1) is 0 Å². The molecule has 1 aromatic carbocycles. The Morgan fingerprint density at radius 3 is 2.26 bits per heavy atom. The molecule has 0 saturated heterocycles. The van der Waals surface area contributed by atoms with Crippen LogP contribution in [-0.2, 0) is 6.54 Å². The van der Waals surface area contributed by atoms with Gasteiger partial charge in [-0.25, -0.2) is 9.13 Å². The van der Waals surface area contributed by atoms with Crippen LogP contribution in [0.25, 0.3) is 0 Å². The van der Waals surface area contributed by atoms with Gasteiger partial charge in [-0.05, 0) is 20.3 Å². The molecule has 1 aliphatic carbocycles. The number of carbonyl (C=O) groups excluding carboxylic acids is 2. The fourth-order valence-electron chi connectivity index (χ4n) is 3.50. The van der Waals surface area contributed by atoms with Gasteiger partial charge >= 0.3 is 0 Å². The number of rotatable bonds is 4. The number of ketones is 2. The van der Waals surface area contributed by atoms with Crippen molar-refractivity contribution in [1.29, 1.82) is 0 Å². The van der Waals surface area contributed by atoms with E-state index in [9.17, 15) is 9.59 Å². The minimum Gasteiger partial charge on any atom is -0.284 e. The lowest BCUT2D eigenvalue weighted by Gasteiger charge is -2.13. The topological polar surface area (TPSA) is 43.0 Å². The molecule has 1 heterocycles. The van der Waals surface area contributed by atoms with Crippen molar-refractivity contribution in [2.24, 2.45) is 0 Å². The molecule has 0 radical (unpaired) electrons. The number of carbonyl (C=O) groups is 2. The van der Waals surface area contributed by atoms with Crippen molar-refractivity contribution in [3.05, 3.63) is 52.6 Å². The van der Waals surface area contributed by atoms with Gasteiger partial charge in [-0.1, -0.05) is 37.6 Å². The number of unbranched alkanes of at least 4 members (excludes halogenated alkanes) is 1. The molecule has 0 N–H and O–H groups in total. The largest absolute Gasteiger partial charge is 0.284 e. The van der Waals surface area contributed by atoms with Crippen molar-refractivity contribution in [2.45, 2.75) is 53.1 Å². The molecular weight excluding hydrogens is 288 g/mol. The number of aromatic nitrogens is 2. The van der Waals surface area contributed by atoms with Crippen molar-refractivity contribution in [1.82, 2.24) is 4.57 Å². The zero-order chi connectivity index (χ0) is 16.7. The molecule has 2 aromatic rings. The maximum absolute atomic E-state index is 13.0. The Morgan fingerprint density at radius 1 is 1.09 bits per heavy atom. The van der Waals surface area contributed by atoms with Crippen LogP contribution in [0.3, 0.4) is 0 Å². The van der Waals surface area contributed by atoms with Gasteiger partial charge in [0.05, 0.1) is 12.6 Å². The lowest BCUT2D eigenvalue weighted by Crippen LogP contribution is -2.43. The number of hydrogen-bond acceptors (Lipinski definition) is 2. The summed E-state index contributed by atoms with van der Waals surface area (Å²) in [6.45, 7) is 9.00. The van der Waals surface area contributed by atoms with Crippen LogP contribution in [0, 0.1) is 6.92 Å². The van der Waals surface area contributed by atoms with Crippen LogP contribution < -0.4 is 4.57 Å². The molecule has 0 aliphatic heterocycles. The van der Waals surface area contributed by atoms with Gasteiger partial charge in [0.15, 0.2) is 0 Å². The third kappa shape index (κ3) is 2.24. The predicted octanol–water partition coefficient (Wildman–Crippen LogP) is 3.24. The van der Waals surface area contributed by atoms with Gasteiger partial charge in [0.1, 0.15) is 0 Å². The highest BCUT2D eigenvalue weighted by atomic mass is 16.1. The first-order valence-electron chi connectivity index (χ1n) is 8.32. The number of benzene rings is 1. The summed E-state index contributed by atoms with van der Waals surface area (Å²) in [5.41, 5.74) is 2.16. The van der Waals surface area contributed by atoms with E-state index in [1.165, 1.54) is 0 Å². The SMILES string of the molecule is CCCC[n+]1c2c(n(C(C)C)c1C)C(=O)c1ccccc1C2=O. The van der Waals surface area contributed by atoms with E-state index in [2.05, 4.69) is 20.8 Å². The molecule has 1 aliphatic rings. The van der Waals surface area contributed by atoms with Crippen molar-refractivity contribution >= 4 is 11.6 Å². The van der Waals surface area contributed by atoms with E-state index in [-0.39, 0.29) is 17.6 Å². The van der Waals surface area contributed by atoms with Crippen LogP contribution in [0.2, 0.25) is 0 Å². The molecule has 4 nitrogen and oxygen atoms in total. The van der Waals surface area contributed by atoms with Crippen molar-refractivity contribution in [3.8, 4) is 0 Å². The van der Waals surface area contributed by atoms with Crippen LogP contribution in [0.1, 0.15) is 77.6 Å². The van der Waals surface area contributed by atoms with E-state index >= 15 is 0 Å². The molecule has 0 atom stereocenters. The lowest BCUT2D eigenvalue weighted by atomic mass is 9.89. The van der Waals surface area contributed by atoms with Crippen LogP contribution in [0.15, 0.2) is 24.3 Å². The minimum absolute atomic E-state index is 0.0335. The second kappa shape index (κ2) is 5.76. The zero-order valence-corrected chi connectivity index (χ0v) is 14.2. The third-order valence-corrected chi connectivity index (χ3v) is 4.57. The Labute approximate surface area is 136 Å². The first kappa shape index (κ1) is 15.7. The van der Waals surface area contributed by atoms with E-state index in [4.69, 9.17) is 0 Å². The van der Waals surface area contributed by atoms with Gasteiger partial charge in [0.2, 0.25) is 23.0 Å². The molecule has 0 bridgehead atoms. The van der Waals surface area contributed by atoms with Gasteiger partial charge in [0, 0.05) is 18.1 Å². The number of fused-ring (bicyclic) bond motifs is 2. The fourth-order valence-corrected chi connectivity index (χ4v) is 3.50. The fraction of sp³-hybridized carbons (Fsp3) is 0.421. The Kier molecular flexibility index (Phi) is 3.92. The summed E-state index contributed by atoms with van der Waals surface area (Å²) in [6.07, 6.45) is 2.04. The second-order valence-corrected chi connectivity index (χ2v) is 6.42. The predicted molar refractivity (Wildman–Crippen MR) is 88.0 cm³/mol. The van der Waals surface area contributed by atoms with Crippen LogP contribution >= 0.6 is 0 Å². The van der Waals surface area contributed by atoms with Crippen LogP contribution in [-0.4, -0.2) is 16.1 Å².